The Balaban J connectivity index is 2.34. The third-order valence-corrected chi connectivity index (χ3v) is 2.52. The predicted octanol–water partition coefficient (Wildman–Crippen LogP) is 0.955. The number of aromatic nitrogens is 2. The van der Waals surface area contributed by atoms with Crippen LogP contribution in [0.1, 0.15) is 15.9 Å². The minimum Gasteiger partial charge on any atom is -0.508 e. The zero-order valence-corrected chi connectivity index (χ0v) is 9.95. The van der Waals surface area contributed by atoms with E-state index in [1.165, 1.54) is 23.0 Å². The molecule has 0 aliphatic carbocycles. The molecule has 0 aliphatic heterocycles. The topological polar surface area (TPSA) is 111 Å². The van der Waals surface area contributed by atoms with Crippen LogP contribution in [-0.4, -0.2) is 25.9 Å². The van der Waals surface area contributed by atoms with Crippen molar-refractivity contribution in [1.82, 2.24) is 9.78 Å². The largest absolute Gasteiger partial charge is 0.508 e. The Morgan fingerprint density at radius 2 is 2.21 bits per heavy atom. The van der Waals surface area contributed by atoms with E-state index in [1.54, 1.807) is 7.05 Å². The first kappa shape index (κ1) is 12.4. The van der Waals surface area contributed by atoms with Gasteiger partial charge in [0.2, 0.25) is 0 Å². The van der Waals surface area contributed by atoms with Crippen molar-refractivity contribution in [3.8, 4) is 17.6 Å². The molecule has 0 aliphatic rings. The number of anilines is 1. The van der Waals surface area contributed by atoms with E-state index >= 15 is 0 Å². The lowest BCUT2D eigenvalue weighted by Crippen LogP contribution is -2.15. The molecule has 1 heterocycles. The molecule has 0 spiro atoms. The number of amides is 1. The smallest absolute Gasteiger partial charge is 0.260 e. The van der Waals surface area contributed by atoms with Crippen molar-refractivity contribution in [2.24, 2.45) is 7.05 Å². The number of carbonyl (C=O) groups excluding carboxylic acids is 1. The molecule has 0 saturated heterocycles. The predicted molar refractivity (Wildman–Crippen MR) is 65.6 cm³/mol. The summed E-state index contributed by atoms with van der Waals surface area (Å²) < 4.78 is 1.33. The van der Waals surface area contributed by atoms with Crippen molar-refractivity contribution >= 4 is 11.7 Å². The van der Waals surface area contributed by atoms with Crippen LogP contribution in [0.15, 0.2) is 24.4 Å². The fourth-order valence-corrected chi connectivity index (χ4v) is 1.55. The third-order valence-electron chi connectivity index (χ3n) is 2.52. The lowest BCUT2D eigenvalue weighted by molar-refractivity contribution is 0.102. The summed E-state index contributed by atoms with van der Waals surface area (Å²) in [6.07, 6.45) is 1.32. The summed E-state index contributed by atoms with van der Waals surface area (Å²) in [5, 5.41) is 34.1. The maximum Gasteiger partial charge on any atom is 0.260 e. The van der Waals surface area contributed by atoms with Gasteiger partial charge in [0.25, 0.3) is 5.91 Å². The third kappa shape index (κ3) is 2.32. The monoisotopic (exact) mass is 258 g/mol. The quantitative estimate of drug-likeness (QED) is 0.694. The number of nitriles is 1. The second-order valence-corrected chi connectivity index (χ2v) is 3.80. The van der Waals surface area contributed by atoms with Gasteiger partial charge in [-0.3, -0.25) is 9.48 Å². The van der Waals surface area contributed by atoms with Gasteiger partial charge in [0, 0.05) is 7.05 Å². The first-order valence-corrected chi connectivity index (χ1v) is 5.28. The van der Waals surface area contributed by atoms with Gasteiger partial charge in [-0.25, -0.2) is 0 Å². The summed E-state index contributed by atoms with van der Waals surface area (Å²) in [5.74, 6) is -0.840. The molecule has 0 bridgehead atoms. The summed E-state index contributed by atoms with van der Waals surface area (Å²) in [7, 11) is 1.57. The highest BCUT2D eigenvalue weighted by Gasteiger charge is 2.16. The molecule has 1 aromatic heterocycles. The van der Waals surface area contributed by atoms with E-state index in [9.17, 15) is 15.0 Å². The number of nitrogens with one attached hydrogen (secondary N) is 1. The number of benzene rings is 1. The molecule has 0 fully saturated rings. The highest BCUT2D eigenvalue weighted by atomic mass is 16.3. The van der Waals surface area contributed by atoms with Crippen molar-refractivity contribution in [2.45, 2.75) is 0 Å². The van der Waals surface area contributed by atoms with Gasteiger partial charge in [0.05, 0.1) is 11.8 Å². The van der Waals surface area contributed by atoms with Crippen molar-refractivity contribution in [3.05, 3.63) is 35.5 Å². The summed E-state index contributed by atoms with van der Waals surface area (Å²) in [6, 6.07) is 5.49. The van der Waals surface area contributed by atoms with Gasteiger partial charge in [-0.15, -0.1) is 0 Å². The van der Waals surface area contributed by atoms with Crippen LogP contribution in [0.4, 0.5) is 5.82 Å². The molecule has 7 heteroatoms. The zero-order valence-electron chi connectivity index (χ0n) is 9.95. The molecule has 0 atom stereocenters. The van der Waals surface area contributed by atoms with Crippen molar-refractivity contribution < 1.29 is 15.0 Å². The molecule has 0 radical (unpaired) electrons. The van der Waals surface area contributed by atoms with Gasteiger partial charge in [-0.05, 0) is 18.2 Å². The Morgan fingerprint density at radius 1 is 1.47 bits per heavy atom. The van der Waals surface area contributed by atoms with E-state index in [1.807, 2.05) is 6.07 Å². The van der Waals surface area contributed by atoms with Gasteiger partial charge < -0.3 is 15.5 Å². The van der Waals surface area contributed by atoms with E-state index in [-0.39, 0.29) is 28.4 Å². The fraction of sp³-hybridized carbons (Fsp3) is 0.0833. The molecule has 96 valence electrons. The van der Waals surface area contributed by atoms with Crippen LogP contribution in [0.3, 0.4) is 0 Å². The van der Waals surface area contributed by atoms with Crippen molar-refractivity contribution in [1.29, 1.82) is 5.26 Å². The van der Waals surface area contributed by atoms with Crippen molar-refractivity contribution in [2.75, 3.05) is 5.32 Å². The second-order valence-electron chi connectivity index (χ2n) is 3.80. The first-order valence-electron chi connectivity index (χ1n) is 5.28. The summed E-state index contributed by atoms with van der Waals surface area (Å²) >= 11 is 0. The second kappa shape index (κ2) is 4.70. The number of aryl methyl sites for hydroxylation is 1. The van der Waals surface area contributed by atoms with E-state index in [0.717, 1.165) is 6.07 Å². The summed E-state index contributed by atoms with van der Waals surface area (Å²) in [5.41, 5.74) is 0.112. The zero-order chi connectivity index (χ0) is 14.0. The van der Waals surface area contributed by atoms with Crippen LogP contribution < -0.4 is 5.32 Å². The molecular weight excluding hydrogens is 248 g/mol. The number of carbonyl (C=O) groups is 1. The lowest BCUT2D eigenvalue weighted by atomic mass is 10.1. The molecule has 3 N–H and O–H groups in total. The van der Waals surface area contributed by atoms with Crippen LogP contribution >= 0.6 is 0 Å². The van der Waals surface area contributed by atoms with Crippen LogP contribution in [0, 0.1) is 11.3 Å². The molecule has 2 rings (SSSR count). The van der Waals surface area contributed by atoms with Gasteiger partial charge in [-0.2, -0.15) is 10.4 Å². The molecule has 0 unspecified atom stereocenters. The van der Waals surface area contributed by atoms with E-state index in [4.69, 9.17) is 5.26 Å². The Labute approximate surface area is 108 Å². The summed E-state index contributed by atoms with van der Waals surface area (Å²) in [4.78, 5) is 12.0. The Hall–Kier alpha value is -3.01. The maximum atomic E-state index is 12.0. The van der Waals surface area contributed by atoms with Crippen LogP contribution in [0.2, 0.25) is 0 Å². The molecule has 0 saturated carbocycles. The molecule has 1 amide bonds. The number of phenols is 2. The van der Waals surface area contributed by atoms with Gasteiger partial charge >= 0.3 is 0 Å². The van der Waals surface area contributed by atoms with Gasteiger partial charge in [0.15, 0.2) is 0 Å². The normalized spacial score (nSPS) is 9.89. The Morgan fingerprint density at radius 3 is 2.89 bits per heavy atom. The minimum atomic E-state index is -0.645. The van der Waals surface area contributed by atoms with Gasteiger partial charge in [-0.1, -0.05) is 0 Å². The molecular formula is C12H10N4O3. The SMILES string of the molecule is Cn1ncc(C#N)c1NC(=O)c1cc(O)ccc1O. The van der Waals surface area contributed by atoms with Gasteiger partial charge in [0.1, 0.15) is 28.9 Å². The lowest BCUT2D eigenvalue weighted by Gasteiger charge is -2.07. The Bertz CT molecular complexity index is 685. The fourth-order valence-electron chi connectivity index (χ4n) is 1.55. The van der Waals surface area contributed by atoms with E-state index in [0.29, 0.717) is 0 Å². The number of phenolic OH excluding ortho intramolecular Hbond substituents is 2. The molecule has 19 heavy (non-hydrogen) atoms. The molecule has 7 nitrogen and oxygen atoms in total. The number of rotatable bonds is 2. The van der Waals surface area contributed by atoms with Crippen LogP contribution in [0.5, 0.6) is 11.5 Å². The first-order chi connectivity index (χ1) is 9.02. The maximum absolute atomic E-state index is 12.0. The Kier molecular flexibility index (Phi) is 3.08. The highest BCUT2D eigenvalue weighted by molar-refractivity contribution is 6.06. The number of aromatic hydroxyl groups is 2. The van der Waals surface area contributed by atoms with E-state index < -0.39 is 5.91 Å². The summed E-state index contributed by atoms with van der Waals surface area (Å²) in [6.45, 7) is 0. The van der Waals surface area contributed by atoms with Crippen molar-refractivity contribution in [3.63, 3.8) is 0 Å². The average Bonchev–Trinajstić information content (AvgIpc) is 2.73. The molecule has 1 aromatic carbocycles. The number of hydrogen-bond donors (Lipinski definition) is 3. The minimum absolute atomic E-state index is 0.0925. The average molecular weight is 258 g/mol. The van der Waals surface area contributed by atoms with Crippen LogP contribution in [0.25, 0.3) is 0 Å². The van der Waals surface area contributed by atoms with Crippen LogP contribution in [-0.2, 0) is 7.05 Å². The standard InChI is InChI=1S/C12H10N4O3/c1-16-11(7(5-13)6-14-16)15-12(19)9-4-8(17)2-3-10(9)18/h2-4,6,17-18H,1H3,(H,15,19). The van der Waals surface area contributed by atoms with E-state index in [2.05, 4.69) is 10.4 Å². The highest BCUT2D eigenvalue weighted by Crippen LogP contribution is 2.23. The number of nitrogens with zero attached hydrogens (tertiary/aromatic N) is 3. The molecule has 2 aromatic rings. The number of hydrogen-bond acceptors (Lipinski definition) is 5.